The smallest absolute Gasteiger partial charge is 0.408 e. The number of para-hydroxylation sites is 5. The SMILES string of the molecule is Cc1cccc([N+](=O)[O-])c1C(=O)O.Cc1ccccc1-n1c([C@H](C)NC(=O)OC(C)(C)C)nc2cccc(C)c2c1=O.Cc1ccccc1N.Cc1ccccc1N(C(=O)c1c(C)cccc1[N+](=O)[O-])C(=O)[C@H](C)NC(=O)OC(C)(C)C.Cc1ccccc1N=C(Cl)c1c(C)cccc1[N+](=O)[O-].Cc1ccccc1NC(=O)c1c(C)cccc1[N+](=O)[O-].O=S(Cl)Cl. The zero-order chi connectivity index (χ0) is 94.5. The molecule has 11 rings (SSSR count). The van der Waals surface area contributed by atoms with Gasteiger partial charge in [-0.1, -0.05) is 163 Å². The third-order valence-electron chi connectivity index (χ3n) is 18.1. The number of nitrogen functional groups attached to an aromatic ring is 1. The van der Waals surface area contributed by atoms with Crippen molar-refractivity contribution in [3.05, 3.63) is 347 Å². The van der Waals surface area contributed by atoms with Gasteiger partial charge in [-0.3, -0.25) is 64.2 Å². The number of halogens is 3. The van der Waals surface area contributed by atoms with Gasteiger partial charge in [-0.25, -0.2) is 33.5 Å². The molecule has 0 aliphatic rings. The molecule has 6 N–H and O–H groups in total. The largest absolute Gasteiger partial charge is 0.477 e. The van der Waals surface area contributed by atoms with Gasteiger partial charge in [0.25, 0.3) is 46.0 Å². The molecule has 10 aromatic carbocycles. The van der Waals surface area contributed by atoms with Crippen molar-refractivity contribution < 1.29 is 67.2 Å². The number of aryl methyl sites for hydroxylation is 10. The number of nitro groups is 4. The monoisotopic (exact) mass is 1800 g/mol. The number of nitrogens with two attached hydrogens (primary N) is 1. The second kappa shape index (κ2) is 47.1. The normalized spacial score (nSPS) is 11.2. The van der Waals surface area contributed by atoms with Crippen molar-refractivity contribution in [3.63, 3.8) is 0 Å². The van der Waals surface area contributed by atoms with Gasteiger partial charge in [-0.15, -0.1) is 0 Å². The number of benzene rings is 10. The number of carboxylic acid groups (broad SMARTS) is 1. The Morgan fingerprint density at radius 2 is 0.889 bits per heavy atom. The number of nitrogens with one attached hydrogen (secondary N) is 3. The topological polar surface area (TPSA) is 443 Å². The van der Waals surface area contributed by atoms with Crippen LogP contribution in [0.1, 0.15) is 160 Å². The lowest BCUT2D eigenvalue weighted by Crippen LogP contribution is -2.50. The number of hydrogen-bond donors (Lipinski definition) is 5. The summed E-state index contributed by atoms with van der Waals surface area (Å²) in [6.07, 6.45) is -1.38. The molecular formula is C91H97Cl3N12O19S. The zero-order valence-electron chi connectivity index (χ0n) is 72.4. The minimum atomic E-state index is -1.67. The number of fused-ring (bicyclic) bond motifs is 1. The lowest BCUT2D eigenvalue weighted by Gasteiger charge is -2.27. The number of carbonyl (C=O) groups excluding carboxylic acids is 5. The van der Waals surface area contributed by atoms with Crippen LogP contribution in [-0.4, -0.2) is 96.9 Å². The fourth-order valence-corrected chi connectivity index (χ4v) is 12.3. The molecule has 0 spiro atoms. The van der Waals surface area contributed by atoms with E-state index in [0.717, 1.165) is 49.7 Å². The number of aromatic nitrogens is 2. The van der Waals surface area contributed by atoms with Gasteiger partial charge in [0.05, 0.1) is 59.3 Å². The highest BCUT2D eigenvalue weighted by molar-refractivity contribution is 8.26. The van der Waals surface area contributed by atoms with E-state index in [4.69, 9.17) is 41.1 Å². The first-order valence-corrected chi connectivity index (χ1v) is 41.6. The van der Waals surface area contributed by atoms with Gasteiger partial charge in [-0.05, 0) is 217 Å². The van der Waals surface area contributed by atoms with Crippen molar-refractivity contribution in [2.45, 2.75) is 148 Å². The first-order valence-electron chi connectivity index (χ1n) is 38.4. The molecule has 11 aromatic rings. The number of rotatable bonds is 16. The lowest BCUT2D eigenvalue weighted by atomic mass is 10.0. The highest BCUT2D eigenvalue weighted by Crippen LogP contribution is 2.33. The van der Waals surface area contributed by atoms with Crippen molar-refractivity contribution in [1.29, 1.82) is 0 Å². The predicted molar refractivity (Wildman–Crippen MR) is 493 cm³/mol. The van der Waals surface area contributed by atoms with E-state index >= 15 is 0 Å². The van der Waals surface area contributed by atoms with Crippen molar-refractivity contribution >= 4 is 140 Å². The van der Waals surface area contributed by atoms with Crippen LogP contribution < -0.4 is 32.1 Å². The van der Waals surface area contributed by atoms with Crippen LogP contribution in [0.5, 0.6) is 0 Å². The number of aromatic carboxylic acids is 1. The molecule has 1 aromatic heterocycles. The summed E-state index contributed by atoms with van der Waals surface area (Å²) in [4.78, 5) is 140. The molecule has 31 nitrogen and oxygen atoms in total. The number of nitrogens with zero attached hydrogens (tertiary/aromatic N) is 8. The summed E-state index contributed by atoms with van der Waals surface area (Å²) in [7, 11) is 7.36. The molecule has 0 radical (unpaired) electrons. The Hall–Kier alpha value is -14.0. The maximum Gasteiger partial charge on any atom is 0.408 e. The second-order valence-corrected chi connectivity index (χ2v) is 33.0. The zero-order valence-corrected chi connectivity index (χ0v) is 75.4. The maximum atomic E-state index is 13.6. The van der Waals surface area contributed by atoms with Crippen molar-refractivity contribution in [3.8, 4) is 5.69 Å². The molecule has 2 atom stereocenters. The molecule has 126 heavy (non-hydrogen) atoms. The van der Waals surface area contributed by atoms with Gasteiger partial charge in [0, 0.05) is 57.0 Å². The molecule has 0 aliphatic heterocycles. The number of nitro benzene ring substituents is 4. The van der Waals surface area contributed by atoms with Crippen LogP contribution in [0.2, 0.25) is 0 Å². The van der Waals surface area contributed by atoms with Crippen molar-refractivity contribution in [2.24, 2.45) is 4.99 Å². The van der Waals surface area contributed by atoms with Gasteiger partial charge in [0.2, 0.25) is 9.23 Å². The number of aliphatic imine (C=N–C) groups is 1. The third kappa shape index (κ3) is 29.9. The summed E-state index contributed by atoms with van der Waals surface area (Å²) in [5, 5.41) is 61.4. The maximum absolute atomic E-state index is 13.6. The number of imide groups is 1. The molecule has 0 bridgehead atoms. The van der Waals surface area contributed by atoms with Crippen LogP contribution in [0, 0.1) is 110 Å². The summed E-state index contributed by atoms with van der Waals surface area (Å²) in [5.41, 5.74) is 14.3. The summed E-state index contributed by atoms with van der Waals surface area (Å²) < 4.78 is 21.2. The van der Waals surface area contributed by atoms with E-state index in [0.29, 0.717) is 55.9 Å². The predicted octanol–water partition coefficient (Wildman–Crippen LogP) is 21.1. The van der Waals surface area contributed by atoms with E-state index in [-0.39, 0.29) is 50.2 Å². The molecule has 0 fully saturated rings. The van der Waals surface area contributed by atoms with Crippen LogP contribution in [0.4, 0.5) is 55.1 Å². The van der Waals surface area contributed by atoms with Gasteiger partial charge >= 0.3 is 18.2 Å². The van der Waals surface area contributed by atoms with Crippen LogP contribution in [-0.2, 0) is 23.5 Å². The minimum Gasteiger partial charge on any atom is -0.477 e. The van der Waals surface area contributed by atoms with E-state index in [9.17, 15) is 74.0 Å². The summed E-state index contributed by atoms with van der Waals surface area (Å²) in [6.45, 7) is 31.5. The molecule has 0 saturated carbocycles. The summed E-state index contributed by atoms with van der Waals surface area (Å²) in [6, 6.07) is 58.6. The molecule has 35 heteroatoms. The number of hydrogen-bond acceptors (Lipinski definition) is 21. The van der Waals surface area contributed by atoms with E-state index in [1.165, 1.54) is 56.3 Å². The highest BCUT2D eigenvalue weighted by Gasteiger charge is 2.36. The molecule has 0 aliphatic carbocycles. The van der Waals surface area contributed by atoms with E-state index in [1.807, 2.05) is 138 Å². The Kier molecular flexibility index (Phi) is 38.3. The van der Waals surface area contributed by atoms with Gasteiger partial charge in [0.15, 0.2) is 0 Å². The van der Waals surface area contributed by atoms with Crippen molar-refractivity contribution in [1.82, 2.24) is 20.2 Å². The molecule has 1 heterocycles. The minimum absolute atomic E-state index is 0.0349. The number of carboxylic acids is 1. The Morgan fingerprint density at radius 3 is 1.34 bits per heavy atom. The number of carbonyl (C=O) groups is 6. The number of amides is 5. The lowest BCUT2D eigenvalue weighted by molar-refractivity contribution is -0.385. The van der Waals surface area contributed by atoms with Crippen LogP contribution in [0.3, 0.4) is 0 Å². The number of alkyl carbamates (subject to hydrolysis) is 2. The summed E-state index contributed by atoms with van der Waals surface area (Å²) in [5.74, 6) is -2.90. The number of anilines is 3. The van der Waals surface area contributed by atoms with Crippen molar-refractivity contribution in [2.75, 3.05) is 16.0 Å². The quantitative estimate of drug-likeness (QED) is 0.0197. The average molecular weight is 1800 g/mol. The van der Waals surface area contributed by atoms with Gasteiger partial charge in [-0.2, -0.15) is 0 Å². The molecular weight excluding hydrogens is 1700 g/mol. The first-order chi connectivity index (χ1) is 59.0. The number of ether oxygens (including phenoxy) is 2. The second-order valence-electron chi connectivity index (χ2n) is 30.1. The van der Waals surface area contributed by atoms with Crippen LogP contribution in [0.15, 0.2) is 222 Å². The van der Waals surface area contributed by atoms with Crippen LogP contribution >= 0.6 is 33.0 Å². The standard InChI is InChI=1S/C23H27N3O6.C23H27N3O3.C15H13ClN2O2.C15H14N2O3.C8H7NO4.C7H9N.Cl2OS/c1-14-10-7-8-12-17(14)25(20(27)16(3)24-22(29)32-23(4,5)6)21(28)19-15(2)11-9-13-18(19)26(30)31;1-14-10-7-8-13-18(14)26-20(16(3)24-22(28)29-23(4,5)6)25-17-12-9-11-15(2)19(17)21(26)27;1-10-6-3-4-8-12(10)17-15(16)14-11(2)7-5-9-13(14)18(19)20;1-10-6-3-4-8-12(10)16-15(18)14-11(2)7-5-9-13(14)17(19)20;1-5-3-2-4-6(9(12)13)7(5)8(10)11;1-6-4-2-3-5-7(6)8;1-4(2)3/h7-13,16H,1-6H3,(H,24,29);7-13,16H,1-6H3,(H,24,28);3-9H,1-2H3;3-9H,1-2H3,(H,16,18);2-4H,1H3,(H,10,11);2-5H,8H2,1H3;/t2*16-;;;;;/m00...../s1. The fraction of sp³-hybridized carbons (Fsp3) is 0.242. The fourth-order valence-electron chi connectivity index (χ4n) is 12.0. The van der Waals surface area contributed by atoms with E-state index in [1.54, 1.807) is 147 Å². The van der Waals surface area contributed by atoms with Crippen LogP contribution in [0.25, 0.3) is 16.6 Å². The molecule has 662 valence electrons. The highest BCUT2D eigenvalue weighted by atomic mass is 36.0. The third-order valence-corrected chi connectivity index (χ3v) is 18.3. The molecule has 0 saturated heterocycles. The van der Waals surface area contributed by atoms with E-state index in [2.05, 4.69) is 42.3 Å². The Balaban J connectivity index is 0.000000276. The average Bonchev–Trinajstić information content (AvgIpc) is 0.755. The Bertz CT molecular complexity index is 5970. The van der Waals surface area contributed by atoms with Gasteiger partial charge < -0.3 is 36.3 Å². The molecule has 0 unspecified atom stereocenters. The Labute approximate surface area is 744 Å². The first kappa shape index (κ1) is 103. The Morgan fingerprint density at radius 1 is 0.500 bits per heavy atom. The molecule has 5 amide bonds. The van der Waals surface area contributed by atoms with Gasteiger partial charge in [0.1, 0.15) is 44.9 Å². The van der Waals surface area contributed by atoms with E-state index < -0.39 is 93.8 Å². The summed E-state index contributed by atoms with van der Waals surface area (Å²) >= 11 is 6.21.